The minimum Gasteiger partial charge on any atom is -0.459 e. The van der Waals surface area contributed by atoms with Crippen molar-refractivity contribution in [1.82, 2.24) is 4.90 Å². The van der Waals surface area contributed by atoms with Gasteiger partial charge in [-0.1, -0.05) is 6.92 Å². The van der Waals surface area contributed by atoms with E-state index in [0.29, 0.717) is 25.9 Å². The molecule has 2 aliphatic rings. The van der Waals surface area contributed by atoms with Gasteiger partial charge >= 0.3 is 12.1 Å². The van der Waals surface area contributed by atoms with E-state index in [1.807, 2.05) is 20.8 Å². The summed E-state index contributed by atoms with van der Waals surface area (Å²) in [7, 11) is 0. The van der Waals surface area contributed by atoms with Crippen LogP contribution in [0.4, 0.5) is 4.79 Å². The normalized spacial score (nSPS) is 22.0. The van der Waals surface area contributed by atoms with E-state index in [1.165, 1.54) is 0 Å². The zero-order valence-corrected chi connectivity index (χ0v) is 15.0. The van der Waals surface area contributed by atoms with Gasteiger partial charge in [-0.05, 0) is 65.7 Å². The summed E-state index contributed by atoms with van der Waals surface area (Å²) in [6, 6.07) is 0. The van der Waals surface area contributed by atoms with Crippen molar-refractivity contribution in [2.75, 3.05) is 13.1 Å². The molecule has 0 radical (unpaired) electrons. The molecule has 0 bridgehead atoms. The van der Waals surface area contributed by atoms with E-state index in [2.05, 4.69) is 6.92 Å². The lowest BCUT2D eigenvalue weighted by atomic mass is 9.95. The van der Waals surface area contributed by atoms with Crippen LogP contribution in [0.15, 0.2) is 0 Å². The second-order valence-corrected chi connectivity index (χ2v) is 7.91. The van der Waals surface area contributed by atoms with Crippen LogP contribution in [0.3, 0.4) is 0 Å². The van der Waals surface area contributed by atoms with Crippen LogP contribution in [0.1, 0.15) is 72.6 Å². The number of piperidine rings is 1. The topological polar surface area (TPSA) is 55.8 Å². The van der Waals surface area contributed by atoms with Crippen molar-refractivity contribution in [2.45, 2.75) is 83.8 Å². The molecule has 0 aromatic rings. The van der Waals surface area contributed by atoms with Crippen molar-refractivity contribution in [3.63, 3.8) is 0 Å². The monoisotopic (exact) mass is 325 g/mol. The summed E-state index contributed by atoms with van der Waals surface area (Å²) in [5.41, 5.74) is -0.706. The Labute approximate surface area is 139 Å². The fourth-order valence-corrected chi connectivity index (χ4v) is 3.47. The maximum absolute atomic E-state index is 12.5. The summed E-state index contributed by atoms with van der Waals surface area (Å²) < 4.78 is 11.3. The third-order valence-corrected chi connectivity index (χ3v) is 4.96. The van der Waals surface area contributed by atoms with Crippen molar-refractivity contribution in [3.05, 3.63) is 0 Å². The molecule has 1 aliphatic carbocycles. The predicted octanol–water partition coefficient (Wildman–Crippen LogP) is 3.90. The minimum absolute atomic E-state index is 0.0717. The van der Waals surface area contributed by atoms with Crippen LogP contribution in [0.5, 0.6) is 0 Å². The molecule has 1 amide bonds. The molecule has 0 aromatic carbocycles. The molecule has 5 nitrogen and oxygen atoms in total. The molecule has 1 saturated heterocycles. The molecule has 2 fully saturated rings. The highest BCUT2D eigenvalue weighted by Gasteiger charge is 2.39. The average molecular weight is 325 g/mol. The van der Waals surface area contributed by atoms with Crippen LogP contribution in [0.2, 0.25) is 0 Å². The van der Waals surface area contributed by atoms with Crippen LogP contribution < -0.4 is 0 Å². The summed E-state index contributed by atoms with van der Waals surface area (Å²) in [6.45, 7) is 8.81. The molecule has 0 N–H and O–H groups in total. The van der Waals surface area contributed by atoms with E-state index >= 15 is 0 Å². The van der Waals surface area contributed by atoms with Gasteiger partial charge in [-0.15, -0.1) is 0 Å². The largest absolute Gasteiger partial charge is 0.459 e. The van der Waals surface area contributed by atoms with Crippen molar-refractivity contribution in [3.8, 4) is 0 Å². The Balaban J connectivity index is 1.82. The number of hydrogen-bond donors (Lipinski definition) is 0. The smallest absolute Gasteiger partial charge is 0.410 e. The number of hydrogen-bond acceptors (Lipinski definition) is 4. The zero-order chi connectivity index (χ0) is 17.1. The van der Waals surface area contributed by atoms with Gasteiger partial charge in [0.05, 0.1) is 5.92 Å². The fourth-order valence-electron chi connectivity index (χ4n) is 3.47. The van der Waals surface area contributed by atoms with Crippen LogP contribution in [-0.4, -0.2) is 41.3 Å². The number of carbonyl (C=O) groups excluding carboxylic acids is 2. The third-order valence-electron chi connectivity index (χ3n) is 4.96. The van der Waals surface area contributed by atoms with Gasteiger partial charge in [0.2, 0.25) is 0 Å². The lowest BCUT2D eigenvalue weighted by Crippen LogP contribution is -2.44. The first-order valence-corrected chi connectivity index (χ1v) is 8.95. The van der Waals surface area contributed by atoms with E-state index in [4.69, 9.17) is 9.47 Å². The number of esters is 1. The van der Waals surface area contributed by atoms with Gasteiger partial charge in [-0.2, -0.15) is 0 Å². The highest BCUT2D eigenvalue weighted by atomic mass is 16.6. The van der Waals surface area contributed by atoms with Crippen molar-refractivity contribution < 1.29 is 19.1 Å². The zero-order valence-electron chi connectivity index (χ0n) is 15.0. The Morgan fingerprint density at radius 3 is 2.17 bits per heavy atom. The highest BCUT2D eigenvalue weighted by Crippen LogP contribution is 2.37. The molecule has 23 heavy (non-hydrogen) atoms. The van der Waals surface area contributed by atoms with Crippen LogP contribution >= 0.6 is 0 Å². The van der Waals surface area contributed by atoms with Gasteiger partial charge < -0.3 is 14.4 Å². The molecule has 2 rings (SSSR count). The molecule has 1 heterocycles. The molecule has 0 aromatic heterocycles. The van der Waals surface area contributed by atoms with Gasteiger partial charge in [0, 0.05) is 13.1 Å². The van der Waals surface area contributed by atoms with Gasteiger partial charge in [-0.25, -0.2) is 4.79 Å². The van der Waals surface area contributed by atoms with E-state index in [9.17, 15) is 9.59 Å². The maximum atomic E-state index is 12.5. The van der Waals surface area contributed by atoms with Gasteiger partial charge in [-0.3, -0.25) is 4.79 Å². The molecule has 5 heteroatoms. The first-order valence-electron chi connectivity index (χ1n) is 8.95. The SMILES string of the molecule is CCC1(OC(=O)C2CCN(C(=O)OC(C)(C)C)CC2)CCCC1. The Kier molecular flexibility index (Phi) is 5.58. The molecule has 0 spiro atoms. The molecule has 132 valence electrons. The number of ether oxygens (including phenoxy) is 2. The number of amides is 1. The van der Waals surface area contributed by atoms with Crippen LogP contribution in [0.25, 0.3) is 0 Å². The number of rotatable bonds is 3. The van der Waals surface area contributed by atoms with Crippen molar-refractivity contribution in [2.24, 2.45) is 5.92 Å². The summed E-state index contributed by atoms with van der Waals surface area (Å²) in [5, 5.41) is 0. The highest BCUT2D eigenvalue weighted by molar-refractivity contribution is 5.74. The lowest BCUT2D eigenvalue weighted by Gasteiger charge is -2.35. The second-order valence-electron chi connectivity index (χ2n) is 7.91. The van der Waals surface area contributed by atoms with Crippen molar-refractivity contribution >= 4 is 12.1 Å². The Morgan fingerprint density at radius 1 is 1.13 bits per heavy atom. The molecule has 1 saturated carbocycles. The average Bonchev–Trinajstić information content (AvgIpc) is 2.94. The number of likely N-dealkylation sites (tertiary alicyclic amines) is 1. The van der Waals surface area contributed by atoms with E-state index in [0.717, 1.165) is 32.1 Å². The van der Waals surface area contributed by atoms with Gasteiger partial charge in [0.1, 0.15) is 11.2 Å². The molecular formula is C18H31NO4. The molecule has 0 unspecified atom stereocenters. The minimum atomic E-state index is -0.483. The second kappa shape index (κ2) is 7.10. The number of carbonyl (C=O) groups is 2. The first-order chi connectivity index (χ1) is 10.7. The first kappa shape index (κ1) is 18.1. The summed E-state index contributed by atoms with van der Waals surface area (Å²) in [5.74, 6) is -0.157. The molecule has 1 aliphatic heterocycles. The Morgan fingerprint density at radius 2 is 1.70 bits per heavy atom. The van der Waals surface area contributed by atoms with E-state index < -0.39 is 5.60 Å². The summed E-state index contributed by atoms with van der Waals surface area (Å²) in [6.07, 6.45) is 6.23. The van der Waals surface area contributed by atoms with Crippen LogP contribution in [0, 0.1) is 5.92 Å². The Bertz CT molecular complexity index is 427. The van der Waals surface area contributed by atoms with Gasteiger partial charge in [0.25, 0.3) is 0 Å². The van der Waals surface area contributed by atoms with Crippen molar-refractivity contribution in [1.29, 1.82) is 0 Å². The number of nitrogens with zero attached hydrogens (tertiary/aromatic N) is 1. The third kappa shape index (κ3) is 4.85. The summed E-state index contributed by atoms with van der Waals surface area (Å²) >= 11 is 0. The fraction of sp³-hybridized carbons (Fsp3) is 0.889. The van der Waals surface area contributed by atoms with Gasteiger partial charge in [0.15, 0.2) is 0 Å². The Hall–Kier alpha value is -1.26. The molecule has 0 atom stereocenters. The molecular weight excluding hydrogens is 294 g/mol. The lowest BCUT2D eigenvalue weighted by molar-refractivity contribution is -0.166. The predicted molar refractivity (Wildman–Crippen MR) is 88.1 cm³/mol. The summed E-state index contributed by atoms with van der Waals surface area (Å²) in [4.78, 5) is 26.2. The standard InChI is InChI=1S/C18H31NO4/c1-5-18(10-6-7-11-18)22-15(20)14-8-12-19(13-9-14)16(21)23-17(2,3)4/h14H,5-13H2,1-4H3. The quantitative estimate of drug-likeness (QED) is 0.739. The van der Waals surface area contributed by atoms with Crippen LogP contribution in [-0.2, 0) is 14.3 Å². The van der Waals surface area contributed by atoms with E-state index in [1.54, 1.807) is 4.90 Å². The maximum Gasteiger partial charge on any atom is 0.410 e. The van der Waals surface area contributed by atoms with E-state index in [-0.39, 0.29) is 23.6 Å².